The third-order valence-corrected chi connectivity index (χ3v) is 3.55. The van der Waals surface area contributed by atoms with Crippen LogP contribution in [-0.2, 0) is 4.74 Å². The first-order valence-electron chi connectivity index (χ1n) is 6.74. The molecule has 0 radical (unpaired) electrons. The first-order chi connectivity index (χ1) is 7.69. The lowest BCUT2D eigenvalue weighted by atomic mass is 9.97. The quantitative estimate of drug-likeness (QED) is 0.626. The zero-order valence-electron chi connectivity index (χ0n) is 10.8. The molecule has 0 saturated carbocycles. The molecule has 1 saturated heterocycles. The molecule has 1 rings (SSSR count). The van der Waals surface area contributed by atoms with Crippen molar-refractivity contribution in [2.24, 2.45) is 0 Å². The Balaban J connectivity index is 1.98. The van der Waals surface area contributed by atoms with Crippen LogP contribution in [-0.4, -0.2) is 36.5 Å². The highest BCUT2D eigenvalue weighted by molar-refractivity contribution is 4.91. The van der Waals surface area contributed by atoms with Crippen LogP contribution in [0.15, 0.2) is 0 Å². The van der Waals surface area contributed by atoms with Gasteiger partial charge in [0.25, 0.3) is 0 Å². The van der Waals surface area contributed by atoms with Gasteiger partial charge in [-0.1, -0.05) is 32.6 Å². The molecule has 0 aromatic heterocycles. The van der Waals surface area contributed by atoms with Gasteiger partial charge in [-0.25, -0.2) is 0 Å². The maximum atomic E-state index is 10.2. The van der Waals surface area contributed by atoms with Crippen molar-refractivity contribution in [3.8, 4) is 0 Å². The lowest BCUT2D eigenvalue weighted by molar-refractivity contribution is -0.0260. The van der Waals surface area contributed by atoms with E-state index in [4.69, 9.17) is 4.74 Å². The van der Waals surface area contributed by atoms with Gasteiger partial charge in [0.1, 0.15) is 5.60 Å². The molecule has 0 aliphatic carbocycles. The van der Waals surface area contributed by atoms with Gasteiger partial charge in [-0.3, -0.25) is 0 Å². The van der Waals surface area contributed by atoms with Crippen LogP contribution in [0.25, 0.3) is 0 Å². The van der Waals surface area contributed by atoms with Gasteiger partial charge in [0.05, 0.1) is 6.10 Å². The van der Waals surface area contributed by atoms with Gasteiger partial charge in [0.2, 0.25) is 0 Å². The van der Waals surface area contributed by atoms with E-state index in [1.807, 2.05) is 6.92 Å². The van der Waals surface area contributed by atoms with Gasteiger partial charge in [-0.05, 0) is 19.9 Å². The van der Waals surface area contributed by atoms with E-state index >= 15 is 0 Å². The first-order valence-corrected chi connectivity index (χ1v) is 6.74. The van der Waals surface area contributed by atoms with Gasteiger partial charge in [-0.15, -0.1) is 0 Å². The summed E-state index contributed by atoms with van der Waals surface area (Å²) in [6.07, 6.45) is 7.21. The second-order valence-corrected chi connectivity index (χ2v) is 4.96. The average Bonchev–Trinajstić information content (AvgIpc) is 2.59. The van der Waals surface area contributed by atoms with E-state index in [0.29, 0.717) is 13.2 Å². The Hall–Kier alpha value is -0.120. The topological polar surface area (TPSA) is 41.5 Å². The summed E-state index contributed by atoms with van der Waals surface area (Å²) in [6, 6.07) is 0. The van der Waals surface area contributed by atoms with Crippen LogP contribution in [0.3, 0.4) is 0 Å². The standard InChI is InChI=1S/C13H27NO2/c1-3-4-5-6-7-9-14-11-13(15)8-10-16-12(13)2/h12,14-15H,3-11H2,1-2H3. The Kier molecular flexibility index (Phi) is 6.32. The van der Waals surface area contributed by atoms with Crippen molar-refractivity contribution < 1.29 is 9.84 Å². The average molecular weight is 229 g/mol. The highest BCUT2D eigenvalue weighted by atomic mass is 16.5. The van der Waals surface area contributed by atoms with Crippen molar-refractivity contribution in [3.05, 3.63) is 0 Å². The number of ether oxygens (including phenoxy) is 1. The minimum absolute atomic E-state index is 0.0277. The van der Waals surface area contributed by atoms with E-state index < -0.39 is 5.60 Å². The molecule has 2 unspecified atom stereocenters. The summed E-state index contributed by atoms with van der Waals surface area (Å²) in [7, 11) is 0. The summed E-state index contributed by atoms with van der Waals surface area (Å²) in [4.78, 5) is 0. The van der Waals surface area contributed by atoms with Crippen molar-refractivity contribution in [1.82, 2.24) is 5.32 Å². The van der Waals surface area contributed by atoms with Crippen LogP contribution < -0.4 is 5.32 Å². The molecule has 0 aromatic carbocycles. The second-order valence-electron chi connectivity index (χ2n) is 4.96. The van der Waals surface area contributed by atoms with E-state index in [9.17, 15) is 5.11 Å². The van der Waals surface area contributed by atoms with Crippen LogP contribution >= 0.6 is 0 Å². The molecule has 96 valence electrons. The molecule has 3 heteroatoms. The van der Waals surface area contributed by atoms with Gasteiger partial charge >= 0.3 is 0 Å². The Bertz CT molecular complexity index is 187. The Labute approximate surface area is 99.6 Å². The highest BCUT2D eigenvalue weighted by Crippen LogP contribution is 2.24. The summed E-state index contributed by atoms with van der Waals surface area (Å²) in [5.74, 6) is 0. The molecule has 1 aliphatic heterocycles. The van der Waals surface area contributed by atoms with Crippen LogP contribution in [0.5, 0.6) is 0 Å². The van der Waals surface area contributed by atoms with Gasteiger partial charge in [0, 0.05) is 19.6 Å². The van der Waals surface area contributed by atoms with Crippen molar-refractivity contribution in [1.29, 1.82) is 0 Å². The van der Waals surface area contributed by atoms with Crippen molar-refractivity contribution >= 4 is 0 Å². The van der Waals surface area contributed by atoms with Crippen LogP contribution in [0.2, 0.25) is 0 Å². The number of unbranched alkanes of at least 4 members (excludes halogenated alkanes) is 4. The molecule has 16 heavy (non-hydrogen) atoms. The molecular formula is C13H27NO2. The fourth-order valence-electron chi connectivity index (χ4n) is 2.16. The Morgan fingerprint density at radius 1 is 1.31 bits per heavy atom. The predicted octanol–water partition coefficient (Wildman–Crippen LogP) is 2.09. The predicted molar refractivity (Wildman–Crippen MR) is 66.6 cm³/mol. The highest BCUT2D eigenvalue weighted by Gasteiger charge is 2.38. The maximum absolute atomic E-state index is 10.2. The SMILES string of the molecule is CCCCCCCNCC1(O)CCOC1C. The minimum Gasteiger partial charge on any atom is -0.386 e. The van der Waals surface area contributed by atoms with Gasteiger partial charge in [0.15, 0.2) is 0 Å². The molecule has 1 aliphatic rings. The largest absolute Gasteiger partial charge is 0.386 e. The molecular weight excluding hydrogens is 202 g/mol. The van der Waals surface area contributed by atoms with E-state index in [2.05, 4.69) is 12.2 Å². The molecule has 0 aromatic rings. The van der Waals surface area contributed by atoms with Crippen molar-refractivity contribution in [2.45, 2.75) is 64.1 Å². The summed E-state index contributed by atoms with van der Waals surface area (Å²) < 4.78 is 5.39. The lowest BCUT2D eigenvalue weighted by Crippen LogP contribution is -2.46. The summed E-state index contributed by atoms with van der Waals surface area (Å²) in [5, 5.41) is 13.6. The minimum atomic E-state index is -0.635. The van der Waals surface area contributed by atoms with Crippen LogP contribution in [0.4, 0.5) is 0 Å². The van der Waals surface area contributed by atoms with Gasteiger partial charge in [-0.2, -0.15) is 0 Å². The van der Waals surface area contributed by atoms with E-state index in [1.54, 1.807) is 0 Å². The van der Waals surface area contributed by atoms with Gasteiger partial charge < -0.3 is 15.2 Å². The summed E-state index contributed by atoms with van der Waals surface area (Å²) in [5.41, 5.74) is -0.635. The number of hydrogen-bond acceptors (Lipinski definition) is 3. The molecule has 1 fully saturated rings. The fraction of sp³-hybridized carbons (Fsp3) is 1.00. The third-order valence-electron chi connectivity index (χ3n) is 3.55. The fourth-order valence-corrected chi connectivity index (χ4v) is 2.16. The summed E-state index contributed by atoms with van der Waals surface area (Å²) in [6.45, 7) is 6.56. The molecule has 2 atom stereocenters. The number of hydrogen-bond donors (Lipinski definition) is 2. The lowest BCUT2D eigenvalue weighted by Gasteiger charge is -2.26. The van der Waals surface area contributed by atoms with E-state index in [1.165, 1.54) is 32.1 Å². The smallest absolute Gasteiger partial charge is 0.105 e. The summed E-state index contributed by atoms with van der Waals surface area (Å²) >= 11 is 0. The number of nitrogens with one attached hydrogen (secondary N) is 1. The monoisotopic (exact) mass is 229 g/mol. The second kappa shape index (κ2) is 7.25. The molecule has 0 bridgehead atoms. The van der Waals surface area contributed by atoms with E-state index in [-0.39, 0.29) is 6.10 Å². The molecule has 0 spiro atoms. The molecule has 3 nitrogen and oxygen atoms in total. The molecule has 2 N–H and O–H groups in total. The zero-order chi connectivity index (χ0) is 11.9. The third kappa shape index (κ3) is 4.40. The Morgan fingerprint density at radius 3 is 2.69 bits per heavy atom. The Morgan fingerprint density at radius 2 is 2.06 bits per heavy atom. The first kappa shape index (κ1) is 13.9. The van der Waals surface area contributed by atoms with E-state index in [0.717, 1.165) is 13.0 Å². The molecule has 0 amide bonds. The van der Waals surface area contributed by atoms with Crippen LogP contribution in [0, 0.1) is 0 Å². The normalized spacial score (nSPS) is 29.8. The molecule has 1 heterocycles. The maximum Gasteiger partial charge on any atom is 0.105 e. The van der Waals surface area contributed by atoms with Crippen molar-refractivity contribution in [3.63, 3.8) is 0 Å². The number of aliphatic hydroxyl groups is 1. The van der Waals surface area contributed by atoms with Crippen LogP contribution in [0.1, 0.15) is 52.4 Å². The number of rotatable bonds is 8. The van der Waals surface area contributed by atoms with Crippen molar-refractivity contribution in [2.75, 3.05) is 19.7 Å². The zero-order valence-corrected chi connectivity index (χ0v) is 10.8.